The largest absolute Gasteiger partial charge is 0.477 e. The standard InChI is InChI=1S/C19H24N4O3/c1-11(2)10-22-17-13(6-5-12-3-4-12)9-20-23(17)19(26)15(18(22)25)16(24)21-14-7-8-14/h5-6,9,11-12,14H,3-4,7-8,10H2,1-2H3,(H2,21,24,25,26)/p+1/b6-5+. The Morgan fingerprint density at radius 3 is 2.77 bits per heavy atom. The van der Waals surface area contributed by atoms with Crippen molar-refractivity contribution in [3.8, 4) is 5.88 Å². The van der Waals surface area contributed by atoms with Crippen LogP contribution in [0.3, 0.4) is 0 Å². The zero-order valence-electron chi connectivity index (χ0n) is 15.2. The quantitative estimate of drug-likeness (QED) is 0.686. The second kappa shape index (κ2) is 6.30. The summed E-state index contributed by atoms with van der Waals surface area (Å²) in [5.41, 5.74) is 0.691. The first-order valence-corrected chi connectivity index (χ1v) is 9.33. The van der Waals surface area contributed by atoms with Crippen LogP contribution in [0, 0.1) is 11.8 Å². The summed E-state index contributed by atoms with van der Waals surface area (Å²) < 4.78 is 3.02. The lowest BCUT2D eigenvalue weighted by atomic mass is 10.2. The summed E-state index contributed by atoms with van der Waals surface area (Å²) in [6.07, 6.45) is 10.1. The molecule has 26 heavy (non-hydrogen) atoms. The van der Waals surface area contributed by atoms with Gasteiger partial charge in [0, 0.05) is 6.04 Å². The van der Waals surface area contributed by atoms with Crippen LogP contribution in [-0.2, 0) is 6.54 Å². The minimum Gasteiger partial charge on any atom is -0.477 e. The van der Waals surface area contributed by atoms with E-state index < -0.39 is 11.5 Å². The maximum Gasteiger partial charge on any atom is 0.378 e. The molecule has 0 spiro atoms. The Morgan fingerprint density at radius 2 is 2.15 bits per heavy atom. The van der Waals surface area contributed by atoms with Crippen molar-refractivity contribution < 1.29 is 14.5 Å². The van der Waals surface area contributed by atoms with Crippen LogP contribution < -0.4 is 15.4 Å². The van der Waals surface area contributed by atoms with Crippen molar-refractivity contribution in [3.63, 3.8) is 0 Å². The van der Waals surface area contributed by atoms with Crippen molar-refractivity contribution in [2.24, 2.45) is 11.8 Å². The average Bonchev–Trinajstić information content (AvgIpc) is 3.50. The third kappa shape index (κ3) is 3.13. The Morgan fingerprint density at radius 1 is 1.42 bits per heavy atom. The number of carbonyl (C=O) groups excluding carboxylic acids is 1. The Balaban J connectivity index is 1.88. The van der Waals surface area contributed by atoms with Crippen molar-refractivity contribution >= 4 is 17.6 Å². The molecule has 0 atom stereocenters. The molecule has 4 rings (SSSR count). The van der Waals surface area contributed by atoms with Crippen LogP contribution in [0.5, 0.6) is 5.88 Å². The zero-order chi connectivity index (χ0) is 18.4. The van der Waals surface area contributed by atoms with Gasteiger partial charge < -0.3 is 10.4 Å². The van der Waals surface area contributed by atoms with E-state index in [1.165, 1.54) is 17.4 Å². The molecule has 2 fully saturated rings. The smallest absolute Gasteiger partial charge is 0.378 e. The number of amides is 1. The molecule has 7 heteroatoms. The van der Waals surface area contributed by atoms with Gasteiger partial charge in [0.05, 0.1) is 18.3 Å². The molecular formula is C19H25N4O3+. The van der Waals surface area contributed by atoms with Gasteiger partial charge in [-0.3, -0.25) is 4.79 Å². The van der Waals surface area contributed by atoms with E-state index in [2.05, 4.69) is 16.5 Å². The maximum atomic E-state index is 12.9. The fourth-order valence-corrected chi connectivity index (χ4v) is 3.14. The molecule has 2 saturated carbocycles. The molecule has 2 aromatic heterocycles. The molecule has 0 unspecified atom stereocenters. The fraction of sp³-hybridized carbons (Fsp3) is 0.526. The number of allylic oxidation sites excluding steroid dienone is 1. The highest BCUT2D eigenvalue weighted by molar-refractivity contribution is 5.96. The average molecular weight is 357 g/mol. The summed E-state index contributed by atoms with van der Waals surface area (Å²) in [5, 5.41) is 16.5. The van der Waals surface area contributed by atoms with Crippen LogP contribution in [-0.4, -0.2) is 26.7 Å². The zero-order valence-corrected chi connectivity index (χ0v) is 15.2. The Kier molecular flexibility index (Phi) is 4.09. The van der Waals surface area contributed by atoms with Gasteiger partial charge in [-0.25, -0.2) is 9.89 Å². The van der Waals surface area contributed by atoms with E-state index in [1.54, 1.807) is 10.8 Å². The minimum absolute atomic E-state index is 0.112. The van der Waals surface area contributed by atoms with Crippen LogP contribution in [0.4, 0.5) is 0 Å². The van der Waals surface area contributed by atoms with Gasteiger partial charge >= 0.3 is 17.1 Å². The Hall–Kier alpha value is -2.57. The Bertz CT molecular complexity index is 946. The van der Waals surface area contributed by atoms with Crippen LogP contribution in [0.15, 0.2) is 17.1 Å². The number of aromatic amines is 1. The van der Waals surface area contributed by atoms with E-state index in [1.807, 2.05) is 19.9 Å². The molecule has 7 nitrogen and oxygen atoms in total. The molecule has 2 aliphatic rings. The number of H-pyrrole nitrogens is 1. The summed E-state index contributed by atoms with van der Waals surface area (Å²) in [5.74, 6) is 0.0724. The van der Waals surface area contributed by atoms with Crippen LogP contribution in [0.2, 0.25) is 0 Å². The van der Waals surface area contributed by atoms with Gasteiger partial charge in [-0.05, 0) is 43.6 Å². The lowest BCUT2D eigenvalue weighted by Crippen LogP contribution is -2.46. The third-order valence-electron chi connectivity index (χ3n) is 4.83. The maximum absolute atomic E-state index is 12.9. The molecule has 2 aromatic rings. The number of nitrogens with zero attached hydrogens (tertiary/aromatic N) is 2. The topological polar surface area (TPSA) is 90.5 Å². The van der Waals surface area contributed by atoms with Crippen molar-refractivity contribution in [1.29, 1.82) is 0 Å². The summed E-state index contributed by atoms with van der Waals surface area (Å²) in [6.45, 7) is 4.57. The van der Waals surface area contributed by atoms with Crippen LogP contribution in [0.1, 0.15) is 55.5 Å². The molecule has 138 valence electrons. The summed E-state index contributed by atoms with van der Waals surface area (Å²) in [6, 6.07) is 0.112. The molecule has 0 aliphatic heterocycles. The van der Waals surface area contributed by atoms with Gasteiger partial charge in [0.2, 0.25) is 5.56 Å². The molecule has 2 heterocycles. The number of aromatic hydroxyl groups is 1. The highest BCUT2D eigenvalue weighted by Gasteiger charge is 2.34. The predicted molar refractivity (Wildman–Crippen MR) is 97.0 cm³/mol. The summed E-state index contributed by atoms with van der Waals surface area (Å²) in [7, 11) is 0. The van der Waals surface area contributed by atoms with Crippen molar-refractivity contribution in [2.75, 3.05) is 0 Å². The lowest BCUT2D eigenvalue weighted by molar-refractivity contribution is -0.686. The molecule has 3 N–H and O–H groups in total. The van der Waals surface area contributed by atoms with E-state index in [9.17, 15) is 14.7 Å². The van der Waals surface area contributed by atoms with Gasteiger partial charge in [0.15, 0.2) is 0 Å². The molecular weight excluding hydrogens is 332 g/mol. The monoisotopic (exact) mass is 357 g/mol. The van der Waals surface area contributed by atoms with E-state index >= 15 is 0 Å². The SMILES string of the molecule is CC(C)C[n+]1c(O)c(C(=O)NC2CC2)c(=O)n2[nH]cc(/C=C/C3CC3)c21. The number of fused-ring (bicyclic) bond motifs is 1. The predicted octanol–water partition coefficient (Wildman–Crippen LogP) is 1.59. The van der Waals surface area contributed by atoms with Gasteiger partial charge in [-0.2, -0.15) is 4.57 Å². The lowest BCUT2D eigenvalue weighted by Gasteiger charge is -2.10. The van der Waals surface area contributed by atoms with Crippen molar-refractivity contribution in [3.05, 3.63) is 33.8 Å². The minimum atomic E-state index is -0.526. The highest BCUT2D eigenvalue weighted by Crippen LogP contribution is 2.31. The van der Waals surface area contributed by atoms with E-state index in [-0.39, 0.29) is 23.4 Å². The molecule has 2 aliphatic carbocycles. The first kappa shape index (κ1) is 16.9. The van der Waals surface area contributed by atoms with Crippen molar-refractivity contribution in [2.45, 2.75) is 52.1 Å². The summed E-state index contributed by atoms with van der Waals surface area (Å²) >= 11 is 0. The first-order chi connectivity index (χ1) is 12.5. The van der Waals surface area contributed by atoms with Crippen LogP contribution >= 0.6 is 0 Å². The molecule has 0 saturated heterocycles. The molecule has 0 radical (unpaired) electrons. The first-order valence-electron chi connectivity index (χ1n) is 9.33. The number of aromatic nitrogens is 3. The molecule has 0 bridgehead atoms. The van der Waals surface area contributed by atoms with Gasteiger partial charge in [0.25, 0.3) is 5.91 Å². The second-order valence-electron chi connectivity index (χ2n) is 7.84. The Labute approximate surface area is 151 Å². The van der Waals surface area contributed by atoms with Gasteiger partial charge in [0.1, 0.15) is 0 Å². The fourth-order valence-electron chi connectivity index (χ4n) is 3.14. The molecule has 0 aromatic carbocycles. The second-order valence-corrected chi connectivity index (χ2v) is 7.84. The normalized spacial score (nSPS) is 17.5. The summed E-state index contributed by atoms with van der Waals surface area (Å²) in [4.78, 5) is 25.4. The number of carbonyl (C=O) groups is 1. The van der Waals surface area contributed by atoms with Crippen LogP contribution in [0.25, 0.3) is 11.7 Å². The third-order valence-corrected chi connectivity index (χ3v) is 4.83. The van der Waals surface area contributed by atoms with E-state index in [0.717, 1.165) is 18.4 Å². The van der Waals surface area contributed by atoms with Gasteiger partial charge in [-0.15, -0.1) is 0 Å². The van der Waals surface area contributed by atoms with E-state index in [4.69, 9.17) is 0 Å². The van der Waals surface area contributed by atoms with E-state index in [0.29, 0.717) is 18.1 Å². The number of hydrogen-bond donors (Lipinski definition) is 3. The van der Waals surface area contributed by atoms with Gasteiger partial charge in [-0.1, -0.05) is 24.4 Å². The molecule has 1 amide bonds. The number of nitrogens with one attached hydrogen (secondary N) is 2. The number of hydrogen-bond acceptors (Lipinski definition) is 3. The number of rotatable bonds is 6. The van der Waals surface area contributed by atoms with Crippen molar-refractivity contribution in [1.82, 2.24) is 14.9 Å². The highest BCUT2D eigenvalue weighted by atomic mass is 16.3.